The number of H-pyrrole nitrogens is 1. The zero-order valence-electron chi connectivity index (χ0n) is 16.3. The number of carbonyl (C=O) groups excluding carboxylic acids is 1. The van der Waals surface area contributed by atoms with E-state index in [-0.39, 0.29) is 17.4 Å². The third-order valence-electron chi connectivity index (χ3n) is 5.13. The van der Waals surface area contributed by atoms with Crippen LogP contribution >= 0.6 is 0 Å². The molecule has 0 spiro atoms. The van der Waals surface area contributed by atoms with E-state index in [0.717, 1.165) is 36.1 Å². The van der Waals surface area contributed by atoms with Crippen molar-refractivity contribution >= 4 is 11.7 Å². The molecule has 3 heterocycles. The van der Waals surface area contributed by atoms with Crippen molar-refractivity contribution in [1.82, 2.24) is 19.7 Å². The summed E-state index contributed by atoms with van der Waals surface area (Å²) in [4.78, 5) is 32.7. The fourth-order valence-electron chi connectivity index (χ4n) is 3.68. The number of aryl methyl sites for hydroxylation is 2. The van der Waals surface area contributed by atoms with Crippen molar-refractivity contribution in [2.45, 2.75) is 26.2 Å². The lowest BCUT2D eigenvalue weighted by Crippen LogP contribution is -2.21. The summed E-state index contributed by atoms with van der Waals surface area (Å²) >= 11 is 0. The number of rotatable bonds is 4. The maximum Gasteiger partial charge on any atom is 0.256 e. The predicted molar refractivity (Wildman–Crippen MR) is 111 cm³/mol. The molecule has 0 aliphatic heterocycles. The molecule has 8 heteroatoms. The summed E-state index contributed by atoms with van der Waals surface area (Å²) in [5, 5.41) is 7.41. The minimum absolute atomic E-state index is 0.168. The van der Waals surface area contributed by atoms with Gasteiger partial charge in [-0.3, -0.25) is 14.6 Å². The largest absolute Gasteiger partial charge is 0.463 e. The van der Waals surface area contributed by atoms with Crippen LogP contribution in [0.15, 0.2) is 57.9 Å². The summed E-state index contributed by atoms with van der Waals surface area (Å²) < 4.78 is 6.88. The number of fused-ring (bicyclic) bond motifs is 1. The van der Waals surface area contributed by atoms with Crippen molar-refractivity contribution in [3.05, 3.63) is 81.5 Å². The molecule has 0 radical (unpaired) electrons. The third kappa shape index (κ3) is 3.22. The van der Waals surface area contributed by atoms with Gasteiger partial charge < -0.3 is 9.73 Å². The molecule has 0 atom stereocenters. The number of anilines is 1. The summed E-state index contributed by atoms with van der Waals surface area (Å²) in [6, 6.07) is 12.5. The second kappa shape index (κ2) is 7.14. The van der Waals surface area contributed by atoms with Crippen LogP contribution in [0.4, 0.5) is 5.82 Å². The van der Waals surface area contributed by atoms with Crippen LogP contribution in [0.25, 0.3) is 17.4 Å². The molecule has 1 aliphatic carbocycles. The van der Waals surface area contributed by atoms with Crippen molar-refractivity contribution in [1.29, 1.82) is 0 Å². The second-order valence-corrected chi connectivity index (χ2v) is 7.30. The van der Waals surface area contributed by atoms with Crippen molar-refractivity contribution in [2.75, 3.05) is 5.32 Å². The Morgan fingerprint density at radius 3 is 2.90 bits per heavy atom. The zero-order chi connectivity index (χ0) is 20.7. The second-order valence-electron chi connectivity index (χ2n) is 7.30. The highest BCUT2D eigenvalue weighted by Gasteiger charge is 2.21. The Kier molecular flexibility index (Phi) is 4.31. The molecule has 0 saturated carbocycles. The van der Waals surface area contributed by atoms with Gasteiger partial charge in [0.05, 0.1) is 12.0 Å². The number of hydrogen-bond acceptors (Lipinski definition) is 5. The van der Waals surface area contributed by atoms with Gasteiger partial charge >= 0.3 is 0 Å². The highest BCUT2D eigenvalue weighted by atomic mass is 16.3. The Morgan fingerprint density at radius 1 is 1.20 bits per heavy atom. The molecular formula is C22H19N5O3. The van der Waals surface area contributed by atoms with Crippen LogP contribution in [0.3, 0.4) is 0 Å². The van der Waals surface area contributed by atoms with Crippen LogP contribution in [0, 0.1) is 6.92 Å². The first-order chi connectivity index (χ1) is 14.6. The number of amides is 1. The van der Waals surface area contributed by atoms with E-state index in [1.54, 1.807) is 36.6 Å². The Morgan fingerprint density at radius 2 is 2.10 bits per heavy atom. The SMILES string of the molecule is Cc1cccc(C(=O)Nc2cc(-c3ccco3)nn2-c2nc3c(c(=O)[nH]2)CCC3)c1. The van der Waals surface area contributed by atoms with Gasteiger partial charge in [-0.15, -0.1) is 0 Å². The molecule has 0 saturated heterocycles. The van der Waals surface area contributed by atoms with Crippen molar-refractivity contribution in [3.8, 4) is 17.4 Å². The van der Waals surface area contributed by atoms with E-state index in [1.165, 1.54) is 4.68 Å². The van der Waals surface area contributed by atoms with Gasteiger partial charge in [0.15, 0.2) is 5.76 Å². The van der Waals surface area contributed by atoms with E-state index in [2.05, 4.69) is 20.4 Å². The molecule has 0 bridgehead atoms. The average molecular weight is 401 g/mol. The summed E-state index contributed by atoms with van der Waals surface area (Å²) in [5.41, 5.74) is 3.36. The van der Waals surface area contributed by atoms with Crippen molar-refractivity contribution < 1.29 is 9.21 Å². The number of aromatic nitrogens is 4. The smallest absolute Gasteiger partial charge is 0.256 e. The van der Waals surface area contributed by atoms with E-state index in [4.69, 9.17) is 4.42 Å². The van der Waals surface area contributed by atoms with Crippen LogP contribution in [-0.4, -0.2) is 25.7 Å². The molecular weight excluding hydrogens is 382 g/mol. The maximum absolute atomic E-state index is 12.8. The molecule has 1 amide bonds. The Labute approximate surface area is 171 Å². The van der Waals surface area contributed by atoms with Crippen LogP contribution in [-0.2, 0) is 12.8 Å². The van der Waals surface area contributed by atoms with Gasteiger partial charge in [-0.1, -0.05) is 17.7 Å². The van der Waals surface area contributed by atoms with Crippen LogP contribution < -0.4 is 10.9 Å². The minimum atomic E-state index is -0.283. The van der Waals surface area contributed by atoms with E-state index in [9.17, 15) is 9.59 Å². The van der Waals surface area contributed by atoms with Crippen LogP contribution in [0.2, 0.25) is 0 Å². The van der Waals surface area contributed by atoms with Crippen LogP contribution in [0.5, 0.6) is 0 Å². The normalized spacial score (nSPS) is 12.7. The van der Waals surface area contributed by atoms with Gasteiger partial charge in [-0.25, -0.2) is 4.98 Å². The lowest BCUT2D eigenvalue weighted by Gasteiger charge is -2.09. The average Bonchev–Trinajstić information content (AvgIpc) is 3.48. The number of carbonyl (C=O) groups is 1. The molecule has 150 valence electrons. The minimum Gasteiger partial charge on any atom is -0.463 e. The molecule has 3 aromatic heterocycles. The van der Waals surface area contributed by atoms with Crippen LogP contribution in [0.1, 0.15) is 33.6 Å². The number of furan rings is 1. The van der Waals surface area contributed by atoms with Gasteiger partial charge in [-0.05, 0) is 50.5 Å². The van der Waals surface area contributed by atoms with Gasteiger partial charge in [-0.2, -0.15) is 9.78 Å². The summed E-state index contributed by atoms with van der Waals surface area (Å²) in [6.07, 6.45) is 3.94. The summed E-state index contributed by atoms with van der Waals surface area (Å²) in [5.74, 6) is 0.907. The lowest BCUT2D eigenvalue weighted by atomic mass is 10.1. The number of benzene rings is 1. The monoisotopic (exact) mass is 401 g/mol. The molecule has 5 rings (SSSR count). The molecule has 30 heavy (non-hydrogen) atoms. The summed E-state index contributed by atoms with van der Waals surface area (Å²) in [7, 11) is 0. The molecule has 8 nitrogen and oxygen atoms in total. The zero-order valence-corrected chi connectivity index (χ0v) is 16.3. The molecule has 0 unspecified atom stereocenters. The van der Waals surface area contributed by atoms with E-state index < -0.39 is 0 Å². The Hall–Kier alpha value is -3.94. The number of nitrogens with one attached hydrogen (secondary N) is 2. The summed E-state index contributed by atoms with van der Waals surface area (Å²) in [6.45, 7) is 1.93. The molecule has 1 aromatic carbocycles. The molecule has 2 N–H and O–H groups in total. The first-order valence-electron chi connectivity index (χ1n) is 9.73. The molecule has 0 fully saturated rings. The maximum atomic E-state index is 12.8. The van der Waals surface area contributed by atoms with Gasteiger partial charge in [0.1, 0.15) is 11.5 Å². The highest BCUT2D eigenvalue weighted by Crippen LogP contribution is 2.25. The first-order valence-corrected chi connectivity index (χ1v) is 9.73. The van der Waals surface area contributed by atoms with Gasteiger partial charge in [0.2, 0.25) is 5.95 Å². The highest BCUT2D eigenvalue weighted by molar-refractivity contribution is 6.04. The number of nitrogens with zero attached hydrogens (tertiary/aromatic N) is 3. The van der Waals surface area contributed by atoms with Crippen molar-refractivity contribution in [3.63, 3.8) is 0 Å². The quantitative estimate of drug-likeness (QED) is 0.546. The molecule has 1 aliphatic rings. The van der Waals surface area contributed by atoms with Gasteiger partial charge in [0.25, 0.3) is 11.5 Å². The first kappa shape index (κ1) is 18.1. The van der Waals surface area contributed by atoms with Gasteiger partial charge in [0, 0.05) is 17.2 Å². The Balaban J connectivity index is 1.59. The molecule has 4 aromatic rings. The number of hydrogen-bond donors (Lipinski definition) is 2. The predicted octanol–water partition coefficient (Wildman–Crippen LogP) is 3.27. The standard InChI is InChI=1S/C22H19N5O3/c1-13-5-2-6-14(11-13)20(28)24-19-12-17(18-9-4-10-30-18)26-27(19)22-23-16-8-3-7-15(16)21(29)25-22/h2,4-6,9-12H,3,7-8H2,1H3,(H,24,28)(H,23,25,29). The topological polar surface area (TPSA) is 106 Å². The van der Waals surface area contributed by atoms with E-state index in [1.807, 2.05) is 19.1 Å². The van der Waals surface area contributed by atoms with E-state index >= 15 is 0 Å². The Bertz CT molecular complexity index is 1300. The van der Waals surface area contributed by atoms with Crippen molar-refractivity contribution in [2.24, 2.45) is 0 Å². The lowest BCUT2D eigenvalue weighted by molar-refractivity contribution is 0.102. The third-order valence-corrected chi connectivity index (χ3v) is 5.13. The fourth-order valence-corrected chi connectivity index (χ4v) is 3.68. The van der Waals surface area contributed by atoms with E-state index in [0.29, 0.717) is 22.8 Å². The number of aromatic amines is 1. The fraction of sp³-hybridized carbons (Fsp3) is 0.182.